The van der Waals surface area contributed by atoms with Crippen LogP contribution in [-0.2, 0) is 17.8 Å². The first-order valence-electron chi connectivity index (χ1n) is 8.14. The van der Waals surface area contributed by atoms with Crippen molar-refractivity contribution in [2.24, 2.45) is 5.73 Å². The summed E-state index contributed by atoms with van der Waals surface area (Å²) < 4.78 is 0. The number of nitrogens with zero attached hydrogens (tertiary/aromatic N) is 2. The van der Waals surface area contributed by atoms with Gasteiger partial charge in [0, 0.05) is 34.6 Å². The minimum Gasteiger partial charge on any atom is -0.326 e. The van der Waals surface area contributed by atoms with E-state index in [2.05, 4.69) is 20.6 Å². The van der Waals surface area contributed by atoms with E-state index in [1.54, 1.807) is 18.3 Å². The molecule has 4 rings (SSSR count). The molecule has 3 aromatic rings. The number of nitrogens with one attached hydrogen (secondary N) is 2. The number of amides is 1. The molecule has 2 aromatic carbocycles. The van der Waals surface area contributed by atoms with Crippen LogP contribution in [0.2, 0.25) is 5.02 Å². The highest BCUT2D eigenvalue weighted by atomic mass is 35.5. The lowest BCUT2D eigenvalue weighted by Gasteiger charge is -2.11. The summed E-state index contributed by atoms with van der Waals surface area (Å²) in [5.74, 6) is 0.334. The van der Waals surface area contributed by atoms with Gasteiger partial charge in [-0.2, -0.15) is 0 Å². The lowest BCUT2D eigenvalue weighted by Crippen LogP contribution is -2.12. The second-order valence-corrected chi connectivity index (χ2v) is 6.45. The summed E-state index contributed by atoms with van der Waals surface area (Å²) in [5, 5.41) is 6.62. The lowest BCUT2D eigenvalue weighted by atomic mass is 10.1. The summed E-state index contributed by atoms with van der Waals surface area (Å²) in [6, 6.07) is 13.1. The van der Waals surface area contributed by atoms with E-state index in [0.717, 1.165) is 22.4 Å². The summed E-state index contributed by atoms with van der Waals surface area (Å²) in [4.78, 5) is 21.1. The molecule has 130 valence electrons. The van der Waals surface area contributed by atoms with Crippen molar-refractivity contribution in [1.82, 2.24) is 9.97 Å². The van der Waals surface area contributed by atoms with E-state index in [1.807, 2.05) is 30.3 Å². The quantitative estimate of drug-likeness (QED) is 0.660. The Labute approximate surface area is 155 Å². The SMILES string of the molecule is NCc1cccc(Nc2ncc3c(n2)-c2ccc(Cl)cc2NC(=O)C3)c1. The van der Waals surface area contributed by atoms with Crippen LogP contribution in [0, 0.1) is 0 Å². The molecule has 0 bridgehead atoms. The van der Waals surface area contributed by atoms with Crippen LogP contribution in [0.3, 0.4) is 0 Å². The van der Waals surface area contributed by atoms with Crippen molar-refractivity contribution in [1.29, 1.82) is 0 Å². The van der Waals surface area contributed by atoms with Crippen LogP contribution >= 0.6 is 11.6 Å². The second kappa shape index (κ2) is 6.74. The fourth-order valence-electron chi connectivity index (χ4n) is 2.93. The van der Waals surface area contributed by atoms with Crippen LogP contribution < -0.4 is 16.4 Å². The van der Waals surface area contributed by atoms with Crippen molar-refractivity contribution in [2.75, 3.05) is 10.6 Å². The third-order valence-electron chi connectivity index (χ3n) is 4.15. The van der Waals surface area contributed by atoms with Crippen molar-refractivity contribution >= 4 is 34.8 Å². The first-order valence-corrected chi connectivity index (χ1v) is 8.52. The maximum atomic E-state index is 12.1. The highest BCUT2D eigenvalue weighted by Crippen LogP contribution is 2.34. The number of aromatic nitrogens is 2. The van der Waals surface area contributed by atoms with Gasteiger partial charge in [0.1, 0.15) is 0 Å². The molecule has 0 saturated heterocycles. The zero-order chi connectivity index (χ0) is 18.1. The summed E-state index contributed by atoms with van der Waals surface area (Å²) >= 11 is 6.07. The van der Waals surface area contributed by atoms with E-state index in [4.69, 9.17) is 17.3 Å². The topological polar surface area (TPSA) is 92.9 Å². The van der Waals surface area contributed by atoms with Gasteiger partial charge in [0.05, 0.1) is 17.8 Å². The van der Waals surface area contributed by atoms with Crippen LogP contribution in [0.5, 0.6) is 0 Å². The third kappa shape index (κ3) is 3.24. The van der Waals surface area contributed by atoms with Gasteiger partial charge in [0.2, 0.25) is 11.9 Å². The van der Waals surface area contributed by atoms with E-state index < -0.39 is 0 Å². The summed E-state index contributed by atoms with van der Waals surface area (Å²) in [6.07, 6.45) is 1.89. The fourth-order valence-corrected chi connectivity index (χ4v) is 3.10. The molecule has 0 atom stereocenters. The van der Waals surface area contributed by atoms with E-state index in [9.17, 15) is 4.79 Å². The van der Waals surface area contributed by atoms with Gasteiger partial charge in [-0.15, -0.1) is 0 Å². The molecule has 4 N–H and O–H groups in total. The van der Waals surface area contributed by atoms with Gasteiger partial charge in [-0.25, -0.2) is 9.97 Å². The molecular weight excluding hydrogens is 350 g/mol. The molecule has 0 fully saturated rings. The molecule has 1 aliphatic heterocycles. The monoisotopic (exact) mass is 365 g/mol. The number of benzene rings is 2. The maximum Gasteiger partial charge on any atom is 0.228 e. The van der Waals surface area contributed by atoms with Crippen LogP contribution in [0.25, 0.3) is 11.3 Å². The summed E-state index contributed by atoms with van der Waals surface area (Å²) in [5.41, 5.74) is 10.5. The van der Waals surface area contributed by atoms with E-state index in [0.29, 0.717) is 28.9 Å². The molecule has 2 heterocycles. The molecule has 6 nitrogen and oxygen atoms in total. The number of rotatable bonds is 3. The number of hydrogen-bond donors (Lipinski definition) is 3. The Hall–Kier alpha value is -2.96. The number of carbonyl (C=O) groups excluding carboxylic acids is 1. The highest BCUT2D eigenvalue weighted by Gasteiger charge is 2.21. The minimum atomic E-state index is -0.118. The molecule has 1 aromatic heterocycles. The number of halogens is 1. The summed E-state index contributed by atoms with van der Waals surface area (Å²) in [6.45, 7) is 0.461. The predicted molar refractivity (Wildman–Crippen MR) is 102 cm³/mol. The molecular formula is C19H16ClN5O. The van der Waals surface area contributed by atoms with Crippen molar-refractivity contribution in [3.8, 4) is 11.3 Å². The maximum absolute atomic E-state index is 12.1. The number of nitrogens with two attached hydrogens (primary N) is 1. The highest BCUT2D eigenvalue weighted by molar-refractivity contribution is 6.31. The standard InChI is InChI=1S/C19H16ClN5O/c20-13-4-5-15-16(8-13)24-17(26)7-12-10-22-19(25-18(12)15)23-14-3-1-2-11(6-14)9-21/h1-6,8,10H,7,9,21H2,(H,24,26)(H,22,23,25). The normalized spacial score (nSPS) is 12.6. The van der Waals surface area contributed by atoms with Crippen molar-refractivity contribution in [2.45, 2.75) is 13.0 Å². The molecule has 0 spiro atoms. The van der Waals surface area contributed by atoms with Gasteiger partial charge >= 0.3 is 0 Å². The number of carbonyl (C=O) groups is 1. The zero-order valence-corrected chi connectivity index (χ0v) is 14.5. The first kappa shape index (κ1) is 16.5. The Balaban J connectivity index is 1.76. The number of fused-ring (bicyclic) bond motifs is 3. The number of anilines is 3. The van der Waals surface area contributed by atoms with E-state index >= 15 is 0 Å². The Morgan fingerprint density at radius 3 is 2.96 bits per heavy atom. The Bertz CT molecular complexity index is 1000. The molecule has 26 heavy (non-hydrogen) atoms. The van der Waals surface area contributed by atoms with E-state index in [1.165, 1.54) is 0 Å². The van der Waals surface area contributed by atoms with Gasteiger partial charge in [0.15, 0.2) is 0 Å². The molecule has 0 unspecified atom stereocenters. The van der Waals surface area contributed by atoms with Crippen molar-refractivity contribution in [3.63, 3.8) is 0 Å². The largest absolute Gasteiger partial charge is 0.326 e. The van der Waals surface area contributed by atoms with Gasteiger partial charge in [-0.3, -0.25) is 4.79 Å². The second-order valence-electron chi connectivity index (χ2n) is 6.01. The van der Waals surface area contributed by atoms with Crippen LogP contribution in [0.15, 0.2) is 48.7 Å². The molecule has 1 aliphatic rings. The Kier molecular flexibility index (Phi) is 4.28. The average Bonchev–Trinajstić information content (AvgIpc) is 2.76. The molecule has 0 radical (unpaired) electrons. The van der Waals surface area contributed by atoms with Gasteiger partial charge in [-0.1, -0.05) is 23.7 Å². The third-order valence-corrected chi connectivity index (χ3v) is 4.38. The zero-order valence-electron chi connectivity index (χ0n) is 13.8. The molecule has 1 amide bonds. The lowest BCUT2D eigenvalue weighted by molar-refractivity contribution is -0.115. The van der Waals surface area contributed by atoms with Crippen LogP contribution in [0.4, 0.5) is 17.3 Å². The summed E-state index contributed by atoms with van der Waals surface area (Å²) in [7, 11) is 0. The van der Waals surface area contributed by atoms with Crippen molar-refractivity contribution < 1.29 is 4.79 Å². The van der Waals surface area contributed by atoms with E-state index in [-0.39, 0.29) is 12.3 Å². The van der Waals surface area contributed by atoms with Gasteiger partial charge < -0.3 is 16.4 Å². The molecule has 0 saturated carbocycles. The molecule has 7 heteroatoms. The Morgan fingerprint density at radius 1 is 1.23 bits per heavy atom. The minimum absolute atomic E-state index is 0.118. The number of hydrogen-bond acceptors (Lipinski definition) is 5. The van der Waals surface area contributed by atoms with Crippen molar-refractivity contribution in [3.05, 3.63) is 64.8 Å². The van der Waals surface area contributed by atoms with Crippen LogP contribution in [0.1, 0.15) is 11.1 Å². The predicted octanol–water partition coefficient (Wildman–Crippen LogP) is 3.49. The first-order chi connectivity index (χ1) is 12.6. The van der Waals surface area contributed by atoms with Crippen LogP contribution in [-0.4, -0.2) is 15.9 Å². The van der Waals surface area contributed by atoms with Gasteiger partial charge in [0.25, 0.3) is 0 Å². The average molecular weight is 366 g/mol. The fraction of sp³-hybridized carbons (Fsp3) is 0.105. The Morgan fingerprint density at radius 2 is 2.12 bits per heavy atom. The smallest absolute Gasteiger partial charge is 0.228 e. The molecule has 0 aliphatic carbocycles. The van der Waals surface area contributed by atoms with Gasteiger partial charge in [-0.05, 0) is 35.9 Å².